The van der Waals surface area contributed by atoms with Crippen LogP contribution in [0, 0.1) is 5.92 Å². The molecule has 1 aliphatic heterocycles. The van der Waals surface area contributed by atoms with Crippen LogP contribution >= 0.6 is 39.1 Å². The molecule has 0 saturated carbocycles. The van der Waals surface area contributed by atoms with Crippen LogP contribution in [0.15, 0.2) is 38.8 Å². The minimum absolute atomic E-state index is 0.00210. The lowest BCUT2D eigenvalue weighted by Crippen LogP contribution is -2.50. The van der Waals surface area contributed by atoms with Crippen molar-refractivity contribution in [3.8, 4) is 0 Å². The Labute approximate surface area is 142 Å². The lowest BCUT2D eigenvalue weighted by atomic mass is 10.0. The molecule has 6 heteroatoms. The molecule has 1 aromatic carbocycles. The van der Waals surface area contributed by atoms with Gasteiger partial charge >= 0.3 is 0 Å². The maximum Gasteiger partial charge on any atom is 0.269 e. The van der Waals surface area contributed by atoms with E-state index in [0.29, 0.717) is 6.54 Å². The van der Waals surface area contributed by atoms with Gasteiger partial charge < -0.3 is 10.0 Å². The van der Waals surface area contributed by atoms with Crippen molar-refractivity contribution < 1.29 is 9.90 Å². The van der Waals surface area contributed by atoms with Crippen molar-refractivity contribution in [2.24, 2.45) is 5.92 Å². The standard InChI is InChI=1S/C15H16BrCl2NO2/c1-9(2)8-19-14(20)12(17)13(18)15(19,21)7-10-3-5-11(16)6-4-10/h3-6,9,21H,7-8H2,1-2H3. The van der Waals surface area contributed by atoms with Crippen molar-refractivity contribution in [3.63, 3.8) is 0 Å². The molecule has 0 saturated heterocycles. The molecule has 1 unspecified atom stereocenters. The molecular weight excluding hydrogens is 377 g/mol. The Morgan fingerprint density at radius 3 is 2.38 bits per heavy atom. The van der Waals surface area contributed by atoms with Gasteiger partial charge in [0.2, 0.25) is 0 Å². The maximum absolute atomic E-state index is 12.2. The molecule has 0 spiro atoms. The predicted molar refractivity (Wildman–Crippen MR) is 88.1 cm³/mol. The van der Waals surface area contributed by atoms with Crippen molar-refractivity contribution in [3.05, 3.63) is 44.4 Å². The second-order valence-electron chi connectivity index (χ2n) is 5.56. The highest BCUT2D eigenvalue weighted by molar-refractivity contribution is 9.10. The molecule has 3 nitrogen and oxygen atoms in total. The van der Waals surface area contributed by atoms with Crippen molar-refractivity contribution >= 4 is 45.0 Å². The van der Waals surface area contributed by atoms with Crippen molar-refractivity contribution in [1.82, 2.24) is 4.90 Å². The molecule has 0 aliphatic carbocycles. The molecule has 1 aliphatic rings. The summed E-state index contributed by atoms with van der Waals surface area (Å²) in [6.07, 6.45) is 0.202. The highest BCUT2D eigenvalue weighted by Crippen LogP contribution is 2.40. The van der Waals surface area contributed by atoms with Crippen molar-refractivity contribution in [2.75, 3.05) is 6.54 Å². The summed E-state index contributed by atoms with van der Waals surface area (Å²) in [4.78, 5) is 13.5. The molecule has 114 valence electrons. The molecule has 21 heavy (non-hydrogen) atoms. The van der Waals surface area contributed by atoms with Gasteiger partial charge in [-0.15, -0.1) is 0 Å². The van der Waals surface area contributed by atoms with E-state index in [1.165, 1.54) is 4.90 Å². The fourth-order valence-electron chi connectivity index (χ4n) is 2.33. The number of hydrogen-bond donors (Lipinski definition) is 1. The van der Waals surface area contributed by atoms with E-state index in [0.717, 1.165) is 10.0 Å². The zero-order chi connectivity index (χ0) is 15.8. The Hall–Kier alpha value is -0.550. The second kappa shape index (κ2) is 6.29. The normalized spacial score (nSPS) is 22.6. The quantitative estimate of drug-likeness (QED) is 0.844. The lowest BCUT2D eigenvalue weighted by molar-refractivity contribution is -0.143. The number of nitrogens with zero attached hydrogens (tertiary/aromatic N) is 1. The third-order valence-electron chi connectivity index (χ3n) is 3.34. The Morgan fingerprint density at radius 2 is 1.86 bits per heavy atom. The van der Waals surface area contributed by atoms with E-state index in [2.05, 4.69) is 15.9 Å². The van der Waals surface area contributed by atoms with Crippen LogP contribution in [-0.2, 0) is 11.2 Å². The van der Waals surface area contributed by atoms with Crippen molar-refractivity contribution in [2.45, 2.75) is 26.0 Å². The molecule has 1 atom stereocenters. The molecule has 0 radical (unpaired) electrons. The van der Waals surface area contributed by atoms with E-state index < -0.39 is 11.6 Å². The van der Waals surface area contributed by atoms with Crippen LogP contribution < -0.4 is 0 Å². The first-order valence-electron chi connectivity index (χ1n) is 6.60. The van der Waals surface area contributed by atoms with E-state index >= 15 is 0 Å². The van der Waals surface area contributed by atoms with Crippen LogP contribution in [0.1, 0.15) is 19.4 Å². The molecule has 1 N–H and O–H groups in total. The minimum atomic E-state index is -1.58. The van der Waals surface area contributed by atoms with Gasteiger partial charge in [0.15, 0.2) is 5.72 Å². The zero-order valence-corrected chi connectivity index (χ0v) is 14.8. The molecule has 1 heterocycles. The Kier molecular flexibility index (Phi) is 5.03. The van der Waals surface area contributed by atoms with Crippen LogP contribution in [-0.4, -0.2) is 28.2 Å². The van der Waals surface area contributed by atoms with Crippen molar-refractivity contribution in [1.29, 1.82) is 0 Å². The number of aliphatic hydroxyl groups is 1. The van der Waals surface area contributed by atoms with E-state index in [-0.39, 0.29) is 22.4 Å². The highest BCUT2D eigenvalue weighted by Gasteiger charge is 2.49. The summed E-state index contributed by atoms with van der Waals surface area (Å²) in [5, 5.41) is 10.8. The number of rotatable bonds is 4. The number of hydrogen-bond acceptors (Lipinski definition) is 2. The summed E-state index contributed by atoms with van der Waals surface area (Å²) < 4.78 is 0.944. The average molecular weight is 393 g/mol. The lowest BCUT2D eigenvalue weighted by Gasteiger charge is -2.35. The summed E-state index contributed by atoms with van der Waals surface area (Å²) >= 11 is 15.5. The minimum Gasteiger partial charge on any atom is -0.366 e. The molecule has 1 amide bonds. The third-order valence-corrected chi connectivity index (χ3v) is 4.80. The van der Waals surface area contributed by atoms with E-state index in [9.17, 15) is 9.90 Å². The van der Waals surface area contributed by atoms with Gasteiger partial charge in [-0.2, -0.15) is 0 Å². The summed E-state index contributed by atoms with van der Waals surface area (Å²) in [6, 6.07) is 7.50. The SMILES string of the molecule is CC(C)CN1C(=O)C(Cl)=C(Cl)C1(O)Cc1ccc(Br)cc1. The highest BCUT2D eigenvalue weighted by atomic mass is 79.9. The third kappa shape index (κ3) is 3.29. The Balaban J connectivity index is 2.35. The van der Waals surface area contributed by atoms with Crippen LogP contribution in [0.5, 0.6) is 0 Å². The van der Waals surface area contributed by atoms with Crippen LogP contribution in [0.25, 0.3) is 0 Å². The summed E-state index contributed by atoms with van der Waals surface area (Å²) in [7, 11) is 0. The van der Waals surface area contributed by atoms with Gasteiger partial charge in [0.05, 0.1) is 5.03 Å². The zero-order valence-electron chi connectivity index (χ0n) is 11.7. The van der Waals surface area contributed by atoms with Gasteiger partial charge in [-0.05, 0) is 23.6 Å². The Bertz CT molecular complexity index is 586. The number of benzene rings is 1. The largest absolute Gasteiger partial charge is 0.366 e. The first-order valence-corrected chi connectivity index (χ1v) is 8.15. The van der Waals surface area contributed by atoms with Gasteiger partial charge in [0.1, 0.15) is 5.03 Å². The maximum atomic E-state index is 12.2. The van der Waals surface area contributed by atoms with E-state index in [1.54, 1.807) is 0 Å². The smallest absolute Gasteiger partial charge is 0.269 e. The fraction of sp³-hybridized carbons (Fsp3) is 0.400. The summed E-state index contributed by atoms with van der Waals surface area (Å²) in [6.45, 7) is 4.32. The number of carbonyl (C=O) groups is 1. The van der Waals surface area contributed by atoms with Gasteiger partial charge in [-0.25, -0.2) is 0 Å². The van der Waals surface area contributed by atoms with Crippen LogP contribution in [0.4, 0.5) is 0 Å². The van der Waals surface area contributed by atoms with Gasteiger partial charge in [-0.3, -0.25) is 4.79 Å². The van der Waals surface area contributed by atoms with Gasteiger partial charge in [-0.1, -0.05) is 65.1 Å². The van der Waals surface area contributed by atoms with E-state index in [1.807, 2.05) is 38.1 Å². The summed E-state index contributed by atoms with van der Waals surface area (Å²) in [5.41, 5.74) is -0.708. The molecule has 0 fully saturated rings. The van der Waals surface area contributed by atoms with Gasteiger partial charge in [0.25, 0.3) is 5.91 Å². The Morgan fingerprint density at radius 1 is 1.29 bits per heavy atom. The monoisotopic (exact) mass is 391 g/mol. The number of carbonyl (C=O) groups excluding carboxylic acids is 1. The first-order chi connectivity index (χ1) is 9.75. The molecule has 0 bridgehead atoms. The first kappa shape index (κ1) is 16.8. The van der Waals surface area contributed by atoms with E-state index in [4.69, 9.17) is 23.2 Å². The van der Waals surface area contributed by atoms with Crippen LogP contribution in [0.3, 0.4) is 0 Å². The van der Waals surface area contributed by atoms with Crippen LogP contribution in [0.2, 0.25) is 0 Å². The second-order valence-corrected chi connectivity index (χ2v) is 7.23. The topological polar surface area (TPSA) is 40.5 Å². The number of halogens is 3. The predicted octanol–water partition coefficient (Wildman–Crippen LogP) is 3.87. The molecule has 1 aromatic rings. The molecule has 0 aromatic heterocycles. The van der Waals surface area contributed by atoms with Gasteiger partial charge in [0, 0.05) is 17.4 Å². The molecular formula is C15H16BrCl2NO2. The average Bonchev–Trinajstić information content (AvgIpc) is 2.57. The fourth-order valence-corrected chi connectivity index (χ4v) is 3.10. The summed E-state index contributed by atoms with van der Waals surface area (Å²) in [5.74, 6) is -0.229. The number of amides is 1. The molecule has 2 rings (SSSR count).